The lowest BCUT2D eigenvalue weighted by Crippen LogP contribution is -2.32. The minimum absolute atomic E-state index is 0.232. The number of pyridine rings is 1. The first kappa shape index (κ1) is 11.1. The van der Waals surface area contributed by atoms with Crippen molar-refractivity contribution in [2.45, 2.75) is 0 Å². The highest BCUT2D eigenvalue weighted by Crippen LogP contribution is 2.23. The summed E-state index contributed by atoms with van der Waals surface area (Å²) in [7, 11) is 2.31. The Morgan fingerprint density at radius 2 is 2.44 bits per heavy atom. The molecule has 0 spiro atoms. The molecule has 1 aliphatic heterocycles. The van der Waals surface area contributed by atoms with Crippen molar-refractivity contribution in [1.29, 1.82) is 0 Å². The number of nitrogens with zero attached hydrogens (tertiary/aromatic N) is 2. The lowest BCUT2D eigenvalue weighted by Gasteiger charge is -2.11. The van der Waals surface area contributed by atoms with Crippen LogP contribution in [0.15, 0.2) is 48.7 Å². The number of rotatable bonds is 3. The summed E-state index contributed by atoms with van der Waals surface area (Å²) in [6.45, 7) is 4.70. The van der Waals surface area contributed by atoms with Crippen molar-refractivity contribution >= 4 is 15.9 Å². The SMILES string of the molecule is C=CCN1C=CS(=Cc2cccc[n+]2C)C1. The maximum atomic E-state index is 3.76. The molecule has 84 valence electrons. The quantitative estimate of drug-likeness (QED) is 0.439. The van der Waals surface area contributed by atoms with Gasteiger partial charge < -0.3 is 4.90 Å². The van der Waals surface area contributed by atoms with Crippen LogP contribution in [0.5, 0.6) is 0 Å². The molecule has 0 N–H and O–H groups in total. The molecule has 0 radical (unpaired) electrons. The van der Waals surface area contributed by atoms with Gasteiger partial charge in [0.1, 0.15) is 7.05 Å². The summed E-state index contributed by atoms with van der Waals surface area (Å²) in [4.78, 5) is 2.29. The third-order valence-electron chi connectivity index (χ3n) is 2.49. The molecule has 2 heterocycles. The van der Waals surface area contributed by atoms with Crippen LogP contribution in [0.25, 0.3) is 0 Å². The maximum absolute atomic E-state index is 3.76. The fraction of sp³-hybridized carbons (Fsp3) is 0.231. The van der Waals surface area contributed by atoms with E-state index >= 15 is 0 Å². The fourth-order valence-electron chi connectivity index (χ4n) is 1.61. The summed E-state index contributed by atoms with van der Waals surface area (Å²) < 4.78 is 2.15. The predicted octanol–water partition coefficient (Wildman–Crippen LogP) is 1.86. The Morgan fingerprint density at radius 1 is 1.56 bits per heavy atom. The van der Waals surface area contributed by atoms with E-state index in [4.69, 9.17) is 0 Å². The maximum Gasteiger partial charge on any atom is 0.210 e. The van der Waals surface area contributed by atoms with Crippen LogP contribution in [0, 0.1) is 0 Å². The van der Waals surface area contributed by atoms with E-state index in [0.717, 1.165) is 12.4 Å². The van der Waals surface area contributed by atoms with E-state index in [-0.39, 0.29) is 10.5 Å². The van der Waals surface area contributed by atoms with Crippen LogP contribution in [-0.2, 0) is 7.05 Å². The molecule has 0 saturated heterocycles. The lowest BCUT2D eigenvalue weighted by molar-refractivity contribution is -0.672. The van der Waals surface area contributed by atoms with Crippen molar-refractivity contribution in [3.8, 4) is 0 Å². The van der Waals surface area contributed by atoms with Gasteiger partial charge in [-0.15, -0.1) is 17.1 Å². The third-order valence-corrected chi connectivity index (χ3v) is 4.14. The first-order valence-corrected chi connectivity index (χ1v) is 6.83. The molecule has 1 aromatic rings. The van der Waals surface area contributed by atoms with Gasteiger partial charge in [-0.2, -0.15) is 0 Å². The minimum atomic E-state index is 0.232. The van der Waals surface area contributed by atoms with E-state index in [2.05, 4.69) is 64.5 Å². The average Bonchev–Trinajstić information content (AvgIpc) is 2.70. The molecule has 0 bridgehead atoms. The lowest BCUT2D eigenvalue weighted by atomic mass is 10.4. The Balaban J connectivity index is 2.13. The van der Waals surface area contributed by atoms with E-state index in [1.807, 2.05) is 6.08 Å². The summed E-state index contributed by atoms with van der Waals surface area (Å²) in [5.74, 6) is 1.08. The zero-order valence-electron chi connectivity index (χ0n) is 9.54. The molecule has 16 heavy (non-hydrogen) atoms. The van der Waals surface area contributed by atoms with Crippen LogP contribution < -0.4 is 4.57 Å². The Kier molecular flexibility index (Phi) is 3.57. The van der Waals surface area contributed by atoms with Crippen molar-refractivity contribution < 1.29 is 4.57 Å². The van der Waals surface area contributed by atoms with Gasteiger partial charge in [0, 0.05) is 30.2 Å². The first-order chi connectivity index (χ1) is 7.79. The number of hydrogen-bond donors (Lipinski definition) is 0. The molecular formula is C13H17N2S+. The highest BCUT2D eigenvalue weighted by atomic mass is 32.2. The second-order valence-corrected chi connectivity index (χ2v) is 5.50. The molecule has 1 aromatic heterocycles. The van der Waals surface area contributed by atoms with Gasteiger partial charge in [0.2, 0.25) is 5.69 Å². The summed E-state index contributed by atoms with van der Waals surface area (Å²) in [6, 6.07) is 6.28. The molecular weight excluding hydrogens is 216 g/mol. The Hall–Kier alpha value is -1.35. The highest BCUT2D eigenvalue weighted by Gasteiger charge is 2.08. The van der Waals surface area contributed by atoms with Crippen molar-refractivity contribution in [2.75, 3.05) is 12.4 Å². The van der Waals surface area contributed by atoms with Crippen molar-refractivity contribution in [3.63, 3.8) is 0 Å². The molecule has 1 atom stereocenters. The van der Waals surface area contributed by atoms with E-state index in [1.165, 1.54) is 5.69 Å². The molecule has 0 amide bonds. The number of aromatic nitrogens is 1. The fourth-order valence-corrected chi connectivity index (χ4v) is 3.31. The molecule has 2 nitrogen and oxygen atoms in total. The van der Waals surface area contributed by atoms with Crippen LogP contribution in [0.1, 0.15) is 5.69 Å². The van der Waals surface area contributed by atoms with Gasteiger partial charge in [0.25, 0.3) is 0 Å². The van der Waals surface area contributed by atoms with Gasteiger partial charge in [-0.1, -0.05) is 6.08 Å². The molecule has 2 rings (SSSR count). The Bertz CT molecular complexity index is 449. The van der Waals surface area contributed by atoms with Gasteiger partial charge in [-0.25, -0.2) is 4.57 Å². The zero-order chi connectivity index (χ0) is 11.4. The largest absolute Gasteiger partial charge is 0.364 e. The normalized spacial score (nSPS) is 19.3. The van der Waals surface area contributed by atoms with Gasteiger partial charge in [0.15, 0.2) is 6.20 Å². The second kappa shape index (κ2) is 5.12. The highest BCUT2D eigenvalue weighted by molar-refractivity contribution is 8.17. The third kappa shape index (κ3) is 2.61. The van der Waals surface area contributed by atoms with Gasteiger partial charge in [-0.3, -0.25) is 0 Å². The van der Waals surface area contributed by atoms with E-state index < -0.39 is 0 Å². The van der Waals surface area contributed by atoms with Gasteiger partial charge in [-0.05, 0) is 11.5 Å². The molecule has 0 aromatic carbocycles. The van der Waals surface area contributed by atoms with Crippen molar-refractivity contribution in [3.05, 3.63) is 54.4 Å². The Morgan fingerprint density at radius 3 is 3.19 bits per heavy atom. The topological polar surface area (TPSA) is 7.12 Å². The van der Waals surface area contributed by atoms with Crippen molar-refractivity contribution in [2.24, 2.45) is 7.05 Å². The number of hydrogen-bond acceptors (Lipinski definition) is 1. The molecule has 3 heteroatoms. The van der Waals surface area contributed by atoms with Gasteiger partial charge in [0.05, 0.1) is 5.88 Å². The van der Waals surface area contributed by atoms with E-state index in [0.29, 0.717) is 0 Å². The monoisotopic (exact) mass is 233 g/mol. The zero-order valence-corrected chi connectivity index (χ0v) is 10.4. The van der Waals surface area contributed by atoms with Crippen LogP contribution in [0.3, 0.4) is 0 Å². The molecule has 0 aliphatic carbocycles. The van der Waals surface area contributed by atoms with Crippen molar-refractivity contribution in [1.82, 2.24) is 4.90 Å². The van der Waals surface area contributed by atoms with E-state index in [9.17, 15) is 0 Å². The molecule has 0 saturated carbocycles. The summed E-state index contributed by atoms with van der Waals surface area (Å²) in [6.07, 6.45) is 6.19. The summed E-state index contributed by atoms with van der Waals surface area (Å²) in [5.41, 5.74) is 1.27. The summed E-state index contributed by atoms with van der Waals surface area (Å²) >= 11 is 0. The van der Waals surface area contributed by atoms with Gasteiger partial charge >= 0.3 is 0 Å². The molecule has 1 aliphatic rings. The van der Waals surface area contributed by atoms with Crippen LogP contribution in [-0.4, -0.2) is 22.7 Å². The first-order valence-electron chi connectivity index (χ1n) is 5.31. The van der Waals surface area contributed by atoms with Crippen LogP contribution in [0.2, 0.25) is 0 Å². The number of aryl methyl sites for hydroxylation is 1. The second-order valence-electron chi connectivity index (χ2n) is 3.80. The van der Waals surface area contributed by atoms with Crippen LogP contribution >= 0.6 is 10.5 Å². The predicted molar refractivity (Wildman–Crippen MR) is 71.3 cm³/mol. The standard InChI is InChI=1S/C13H17N2S/c1-3-7-15-9-10-16(12-15)11-13-6-4-5-8-14(13)2/h3-6,8-11H,1,7,12H2,2H3/q+1. The van der Waals surface area contributed by atoms with E-state index in [1.54, 1.807) is 0 Å². The Labute approximate surface area is 99.5 Å². The summed E-state index contributed by atoms with van der Waals surface area (Å²) in [5, 5.41) is 4.61. The van der Waals surface area contributed by atoms with Crippen LogP contribution in [0.4, 0.5) is 0 Å². The molecule has 0 fully saturated rings. The molecule has 1 unspecified atom stereocenters. The smallest absolute Gasteiger partial charge is 0.210 e. The minimum Gasteiger partial charge on any atom is -0.364 e. The average molecular weight is 233 g/mol.